The highest BCUT2D eigenvalue weighted by Gasteiger charge is 2.07. The molecule has 0 aliphatic carbocycles. The molecule has 2 rings (SSSR count). The molecule has 0 unspecified atom stereocenters. The van der Waals surface area contributed by atoms with E-state index >= 15 is 0 Å². The molecule has 0 radical (unpaired) electrons. The molecule has 0 bridgehead atoms. The van der Waals surface area contributed by atoms with E-state index in [4.69, 9.17) is 4.74 Å². The minimum Gasteiger partial charge on any atom is -0.506 e. The second-order valence-corrected chi connectivity index (χ2v) is 5.12. The highest BCUT2D eigenvalue weighted by Crippen LogP contribution is 2.27. The Morgan fingerprint density at radius 3 is 2.76 bits per heavy atom. The van der Waals surface area contributed by atoms with Gasteiger partial charge in [0.05, 0.1) is 18.8 Å². The fraction of sp³-hybridized carbons (Fsp3) is 0.353. The average molecular weight is 286 g/mol. The first-order chi connectivity index (χ1) is 10.1. The third kappa shape index (κ3) is 4.12. The molecule has 0 spiro atoms. The van der Waals surface area contributed by atoms with Gasteiger partial charge < -0.3 is 15.2 Å². The summed E-state index contributed by atoms with van der Waals surface area (Å²) in [6.45, 7) is 7.17. The second kappa shape index (κ2) is 6.97. The third-order valence-electron chi connectivity index (χ3n) is 3.13. The van der Waals surface area contributed by atoms with E-state index in [1.54, 1.807) is 12.1 Å². The lowest BCUT2D eigenvalue weighted by Crippen LogP contribution is -2.05. The number of benzene rings is 1. The Bertz CT molecular complexity index is 612. The summed E-state index contributed by atoms with van der Waals surface area (Å²) in [5.41, 5.74) is 3.59. The van der Waals surface area contributed by atoms with Gasteiger partial charge in [0.1, 0.15) is 17.2 Å². The van der Waals surface area contributed by atoms with Crippen LogP contribution in [0.5, 0.6) is 11.5 Å². The van der Waals surface area contributed by atoms with Crippen molar-refractivity contribution in [3.63, 3.8) is 0 Å². The summed E-state index contributed by atoms with van der Waals surface area (Å²) in [4.78, 5) is 4.34. The second-order valence-electron chi connectivity index (χ2n) is 5.12. The van der Waals surface area contributed by atoms with Crippen molar-refractivity contribution in [3.05, 3.63) is 47.3 Å². The van der Waals surface area contributed by atoms with Gasteiger partial charge in [-0.3, -0.25) is 4.98 Å². The van der Waals surface area contributed by atoms with Crippen molar-refractivity contribution in [3.8, 4) is 11.5 Å². The Balaban J connectivity index is 2.13. The maximum absolute atomic E-state index is 9.83. The molecule has 0 amide bonds. The molecule has 1 aromatic carbocycles. The van der Waals surface area contributed by atoms with E-state index in [1.165, 1.54) is 0 Å². The van der Waals surface area contributed by atoms with Gasteiger partial charge in [-0.25, -0.2) is 0 Å². The van der Waals surface area contributed by atoms with Gasteiger partial charge in [-0.2, -0.15) is 0 Å². The summed E-state index contributed by atoms with van der Waals surface area (Å²) in [6, 6.07) is 9.50. The lowest BCUT2D eigenvalue weighted by atomic mass is 10.2. The van der Waals surface area contributed by atoms with E-state index in [9.17, 15) is 5.11 Å². The van der Waals surface area contributed by atoms with Crippen LogP contribution in [-0.4, -0.2) is 16.7 Å². The van der Waals surface area contributed by atoms with E-state index in [2.05, 4.69) is 17.2 Å². The number of rotatable bonds is 6. The Morgan fingerprint density at radius 2 is 2.00 bits per heavy atom. The first-order valence-corrected chi connectivity index (χ1v) is 7.23. The molecule has 112 valence electrons. The molecule has 2 N–H and O–H groups in total. The van der Waals surface area contributed by atoms with Crippen LogP contribution in [-0.2, 0) is 6.54 Å². The van der Waals surface area contributed by atoms with Crippen LogP contribution >= 0.6 is 0 Å². The van der Waals surface area contributed by atoms with Crippen molar-refractivity contribution in [2.75, 3.05) is 11.9 Å². The van der Waals surface area contributed by atoms with Gasteiger partial charge in [-0.15, -0.1) is 0 Å². The minimum atomic E-state index is 0.205. The molecule has 1 aromatic heterocycles. The molecule has 4 nitrogen and oxygen atoms in total. The molecule has 0 saturated carbocycles. The summed E-state index contributed by atoms with van der Waals surface area (Å²) in [6.07, 6.45) is 0.966. The summed E-state index contributed by atoms with van der Waals surface area (Å²) >= 11 is 0. The topological polar surface area (TPSA) is 54.4 Å². The Kier molecular flexibility index (Phi) is 5.04. The zero-order chi connectivity index (χ0) is 15.2. The Hall–Kier alpha value is -2.23. The third-order valence-corrected chi connectivity index (χ3v) is 3.13. The van der Waals surface area contributed by atoms with Crippen LogP contribution in [0.4, 0.5) is 5.69 Å². The lowest BCUT2D eigenvalue weighted by Gasteiger charge is -2.14. The first-order valence-electron chi connectivity index (χ1n) is 7.23. The maximum atomic E-state index is 9.83. The van der Waals surface area contributed by atoms with Crippen LogP contribution < -0.4 is 10.1 Å². The average Bonchev–Trinajstić information content (AvgIpc) is 2.47. The smallest absolute Gasteiger partial charge is 0.142 e. The normalized spacial score (nSPS) is 10.4. The van der Waals surface area contributed by atoms with E-state index in [1.807, 2.05) is 32.0 Å². The Labute approximate surface area is 125 Å². The number of pyridine rings is 1. The molecule has 1 heterocycles. The van der Waals surface area contributed by atoms with Crippen LogP contribution in [0.3, 0.4) is 0 Å². The van der Waals surface area contributed by atoms with Crippen molar-refractivity contribution in [2.24, 2.45) is 0 Å². The van der Waals surface area contributed by atoms with E-state index in [0.717, 1.165) is 29.1 Å². The van der Waals surface area contributed by atoms with Gasteiger partial charge in [0.2, 0.25) is 0 Å². The molecule has 0 saturated heterocycles. The summed E-state index contributed by atoms with van der Waals surface area (Å²) in [5.74, 6) is 1.04. The largest absolute Gasteiger partial charge is 0.506 e. The van der Waals surface area contributed by atoms with Gasteiger partial charge in [0.25, 0.3) is 0 Å². The zero-order valence-electron chi connectivity index (χ0n) is 12.8. The fourth-order valence-corrected chi connectivity index (χ4v) is 2.02. The molecule has 0 atom stereocenters. The monoisotopic (exact) mass is 286 g/mol. The number of ether oxygens (including phenoxy) is 1. The summed E-state index contributed by atoms with van der Waals surface area (Å²) in [7, 11) is 0. The Morgan fingerprint density at radius 1 is 1.19 bits per heavy atom. The van der Waals surface area contributed by atoms with E-state index in [0.29, 0.717) is 18.8 Å². The number of aromatic nitrogens is 1. The van der Waals surface area contributed by atoms with Gasteiger partial charge in [0.15, 0.2) is 0 Å². The number of anilines is 1. The van der Waals surface area contributed by atoms with Crippen LogP contribution in [0, 0.1) is 13.8 Å². The standard InChI is InChI=1S/C17H22N2O2/c1-4-9-21-17-10-12(2)5-7-14(17)18-11-15-16(20)8-6-13(3)19-15/h5-8,10,18,20H,4,9,11H2,1-3H3. The van der Waals surface area contributed by atoms with Gasteiger partial charge in [0, 0.05) is 5.69 Å². The van der Waals surface area contributed by atoms with Crippen molar-refractivity contribution in [1.82, 2.24) is 4.98 Å². The predicted molar refractivity (Wildman–Crippen MR) is 84.9 cm³/mol. The SMILES string of the molecule is CCCOc1cc(C)ccc1NCc1nc(C)ccc1O. The summed E-state index contributed by atoms with van der Waals surface area (Å²) in [5, 5.41) is 13.1. The predicted octanol–water partition coefficient (Wildman–Crippen LogP) is 3.80. The number of hydrogen-bond acceptors (Lipinski definition) is 4. The highest BCUT2D eigenvalue weighted by atomic mass is 16.5. The molecule has 0 aliphatic heterocycles. The molecule has 0 aliphatic rings. The number of aromatic hydroxyl groups is 1. The van der Waals surface area contributed by atoms with Gasteiger partial charge >= 0.3 is 0 Å². The zero-order valence-corrected chi connectivity index (χ0v) is 12.8. The van der Waals surface area contributed by atoms with Crippen LogP contribution in [0.2, 0.25) is 0 Å². The minimum absolute atomic E-state index is 0.205. The lowest BCUT2D eigenvalue weighted by molar-refractivity contribution is 0.318. The quantitative estimate of drug-likeness (QED) is 0.848. The van der Waals surface area contributed by atoms with Crippen LogP contribution in [0.25, 0.3) is 0 Å². The van der Waals surface area contributed by atoms with Gasteiger partial charge in [-0.1, -0.05) is 13.0 Å². The van der Waals surface area contributed by atoms with Crippen LogP contribution in [0.1, 0.15) is 30.3 Å². The van der Waals surface area contributed by atoms with E-state index in [-0.39, 0.29) is 5.75 Å². The number of hydrogen-bond donors (Lipinski definition) is 2. The maximum Gasteiger partial charge on any atom is 0.142 e. The molecule has 2 aromatic rings. The summed E-state index contributed by atoms with van der Waals surface area (Å²) < 4.78 is 5.76. The fourth-order valence-electron chi connectivity index (χ4n) is 2.02. The molecule has 4 heteroatoms. The van der Waals surface area contributed by atoms with Crippen molar-refractivity contribution in [2.45, 2.75) is 33.7 Å². The van der Waals surface area contributed by atoms with E-state index < -0.39 is 0 Å². The number of nitrogens with one attached hydrogen (secondary N) is 1. The molecular formula is C17H22N2O2. The highest BCUT2D eigenvalue weighted by molar-refractivity contribution is 5.58. The van der Waals surface area contributed by atoms with Crippen LogP contribution in [0.15, 0.2) is 30.3 Å². The molecule has 21 heavy (non-hydrogen) atoms. The number of aryl methyl sites for hydroxylation is 2. The van der Waals surface area contributed by atoms with Gasteiger partial charge in [-0.05, 0) is 50.1 Å². The molecule has 0 fully saturated rings. The molecular weight excluding hydrogens is 264 g/mol. The first kappa shape index (κ1) is 15.2. The van der Waals surface area contributed by atoms with Crippen molar-refractivity contribution in [1.29, 1.82) is 0 Å². The van der Waals surface area contributed by atoms with Crippen molar-refractivity contribution >= 4 is 5.69 Å². The van der Waals surface area contributed by atoms with Crippen molar-refractivity contribution < 1.29 is 9.84 Å². The number of nitrogens with zero attached hydrogens (tertiary/aromatic N) is 1.